The van der Waals surface area contributed by atoms with Crippen LogP contribution in [-0.4, -0.2) is 35.7 Å². The molecule has 0 saturated heterocycles. The third-order valence-electron chi connectivity index (χ3n) is 3.07. The summed E-state index contributed by atoms with van der Waals surface area (Å²) in [5.74, 6) is 0. The van der Waals surface area contributed by atoms with Gasteiger partial charge in [-0.05, 0) is 24.5 Å². The summed E-state index contributed by atoms with van der Waals surface area (Å²) in [5.41, 5.74) is -1.02. The van der Waals surface area contributed by atoms with Crippen LogP contribution in [-0.2, 0) is 22.7 Å². The summed E-state index contributed by atoms with van der Waals surface area (Å²) in [5, 5.41) is 8.23. The summed E-state index contributed by atoms with van der Waals surface area (Å²) >= 11 is 2.60. The Labute approximate surface area is 151 Å². The van der Waals surface area contributed by atoms with E-state index in [-0.39, 0.29) is 13.1 Å². The van der Waals surface area contributed by atoms with E-state index in [2.05, 4.69) is 16.8 Å². The van der Waals surface area contributed by atoms with Gasteiger partial charge in [-0.3, -0.25) is 0 Å². The van der Waals surface area contributed by atoms with Crippen molar-refractivity contribution in [3.8, 4) is 0 Å². The largest absolute Gasteiger partial charge is 0.416 e. The zero-order chi connectivity index (χ0) is 18.7. The highest BCUT2D eigenvalue weighted by molar-refractivity contribution is 8.00. The van der Waals surface area contributed by atoms with Gasteiger partial charge in [-0.15, -0.1) is 16.8 Å². The number of aromatic nitrogens is 2. The molecule has 0 amide bonds. The molecular weight excluding hydrogens is 395 g/mol. The van der Waals surface area contributed by atoms with E-state index < -0.39 is 26.7 Å². The molecule has 136 valence electrons. The smallest absolute Gasteiger partial charge is 0.207 e. The Morgan fingerprint density at radius 1 is 1.36 bits per heavy atom. The minimum absolute atomic E-state index is 0.0627. The molecule has 0 saturated carbocycles. The van der Waals surface area contributed by atoms with Crippen molar-refractivity contribution in [3.63, 3.8) is 0 Å². The predicted molar refractivity (Wildman–Crippen MR) is 90.9 cm³/mol. The van der Waals surface area contributed by atoms with E-state index in [1.807, 2.05) is 6.26 Å². The third kappa shape index (κ3) is 4.81. The van der Waals surface area contributed by atoms with Crippen molar-refractivity contribution in [2.45, 2.75) is 22.0 Å². The maximum atomic E-state index is 12.9. The van der Waals surface area contributed by atoms with Gasteiger partial charge in [0.15, 0.2) is 4.34 Å². The third-order valence-corrected chi connectivity index (χ3v) is 6.76. The number of rotatable bonds is 7. The molecule has 0 aliphatic rings. The molecule has 0 N–H and O–H groups in total. The lowest BCUT2D eigenvalue weighted by molar-refractivity contribution is -0.137. The molecule has 0 bridgehead atoms. The van der Waals surface area contributed by atoms with E-state index >= 15 is 0 Å². The first-order valence-electron chi connectivity index (χ1n) is 6.83. The SMILES string of the molecule is C=CCN(Cc1nnc(SC)s1)S(=O)(=O)c1cccc(C(F)(F)F)c1. The van der Waals surface area contributed by atoms with E-state index in [1.165, 1.54) is 29.2 Å². The van der Waals surface area contributed by atoms with E-state index in [4.69, 9.17) is 0 Å². The van der Waals surface area contributed by atoms with Gasteiger partial charge in [0, 0.05) is 6.54 Å². The lowest BCUT2D eigenvalue weighted by atomic mass is 10.2. The normalized spacial score (nSPS) is 12.5. The van der Waals surface area contributed by atoms with Crippen LogP contribution in [0, 0.1) is 0 Å². The predicted octanol–water partition coefficient (Wildman–Crippen LogP) is 3.66. The molecule has 1 heterocycles. The van der Waals surface area contributed by atoms with Gasteiger partial charge in [-0.25, -0.2) is 8.42 Å². The van der Waals surface area contributed by atoms with Gasteiger partial charge in [0.05, 0.1) is 17.0 Å². The van der Waals surface area contributed by atoms with Gasteiger partial charge in [-0.1, -0.05) is 35.2 Å². The summed E-state index contributed by atoms with van der Waals surface area (Å²) in [4.78, 5) is -0.432. The molecule has 0 spiro atoms. The molecule has 2 aromatic rings. The maximum Gasteiger partial charge on any atom is 0.416 e. The second kappa shape index (κ2) is 7.85. The average molecular weight is 409 g/mol. The fourth-order valence-corrected chi connectivity index (χ4v) is 4.74. The van der Waals surface area contributed by atoms with Gasteiger partial charge >= 0.3 is 6.18 Å². The summed E-state index contributed by atoms with van der Waals surface area (Å²) in [7, 11) is -4.15. The number of sulfonamides is 1. The molecule has 1 aromatic heterocycles. The first-order valence-corrected chi connectivity index (χ1v) is 10.3. The van der Waals surface area contributed by atoms with Crippen molar-refractivity contribution in [1.82, 2.24) is 14.5 Å². The van der Waals surface area contributed by atoms with Crippen LogP contribution in [0.4, 0.5) is 13.2 Å². The fraction of sp³-hybridized carbons (Fsp3) is 0.286. The van der Waals surface area contributed by atoms with Crippen LogP contribution in [0.3, 0.4) is 0 Å². The van der Waals surface area contributed by atoms with Crippen molar-refractivity contribution in [3.05, 3.63) is 47.5 Å². The van der Waals surface area contributed by atoms with Crippen LogP contribution in [0.5, 0.6) is 0 Å². The molecule has 0 aliphatic carbocycles. The number of thioether (sulfide) groups is 1. The van der Waals surface area contributed by atoms with Crippen molar-refractivity contribution in [2.75, 3.05) is 12.8 Å². The number of hydrogen-bond donors (Lipinski definition) is 0. The molecule has 0 fully saturated rings. The minimum Gasteiger partial charge on any atom is -0.207 e. The molecule has 11 heteroatoms. The lowest BCUT2D eigenvalue weighted by Gasteiger charge is -2.20. The van der Waals surface area contributed by atoms with Gasteiger partial charge in [0.25, 0.3) is 0 Å². The summed E-state index contributed by atoms with van der Waals surface area (Å²) in [6, 6.07) is 3.65. The highest BCUT2D eigenvalue weighted by Gasteiger charge is 2.33. The zero-order valence-electron chi connectivity index (χ0n) is 13.0. The molecule has 0 radical (unpaired) electrons. The average Bonchev–Trinajstić information content (AvgIpc) is 3.01. The minimum atomic E-state index is -4.62. The van der Waals surface area contributed by atoms with Gasteiger partial charge < -0.3 is 0 Å². The molecule has 0 unspecified atom stereocenters. The molecule has 2 rings (SSSR count). The van der Waals surface area contributed by atoms with Crippen LogP contribution in [0.25, 0.3) is 0 Å². The van der Waals surface area contributed by atoms with E-state index in [0.29, 0.717) is 15.4 Å². The van der Waals surface area contributed by atoms with Gasteiger partial charge in [-0.2, -0.15) is 17.5 Å². The Hall–Kier alpha value is -1.43. The first kappa shape index (κ1) is 19.9. The monoisotopic (exact) mass is 409 g/mol. The van der Waals surface area contributed by atoms with E-state index in [1.54, 1.807) is 0 Å². The number of nitrogens with zero attached hydrogens (tertiary/aromatic N) is 3. The number of benzene rings is 1. The van der Waals surface area contributed by atoms with E-state index in [9.17, 15) is 21.6 Å². The van der Waals surface area contributed by atoms with Crippen LogP contribution < -0.4 is 0 Å². The number of halogens is 3. The highest BCUT2D eigenvalue weighted by Crippen LogP contribution is 2.31. The quantitative estimate of drug-likeness (QED) is 0.516. The van der Waals surface area contributed by atoms with E-state index in [0.717, 1.165) is 22.5 Å². The second-order valence-corrected chi connectivity index (χ2v) is 8.83. The number of alkyl halides is 3. The maximum absolute atomic E-state index is 12.9. The Morgan fingerprint density at radius 3 is 2.64 bits per heavy atom. The lowest BCUT2D eigenvalue weighted by Crippen LogP contribution is -2.31. The highest BCUT2D eigenvalue weighted by atomic mass is 32.2. The molecule has 1 aromatic carbocycles. The second-order valence-electron chi connectivity index (χ2n) is 4.78. The number of hydrogen-bond acceptors (Lipinski definition) is 6. The molecule has 5 nitrogen and oxygen atoms in total. The van der Waals surface area contributed by atoms with Crippen LogP contribution in [0.1, 0.15) is 10.6 Å². The zero-order valence-corrected chi connectivity index (χ0v) is 15.5. The Bertz CT molecular complexity index is 850. The van der Waals surface area contributed by atoms with Crippen molar-refractivity contribution in [1.29, 1.82) is 0 Å². The topological polar surface area (TPSA) is 63.2 Å². The summed E-state index contributed by atoms with van der Waals surface area (Å²) in [6.07, 6.45) is -1.45. The van der Waals surface area contributed by atoms with Crippen LogP contribution in [0.2, 0.25) is 0 Å². The molecule has 0 aliphatic heterocycles. The van der Waals surface area contributed by atoms with Crippen molar-refractivity contribution < 1.29 is 21.6 Å². The van der Waals surface area contributed by atoms with Gasteiger partial charge in [0.1, 0.15) is 5.01 Å². The first-order chi connectivity index (χ1) is 11.7. The van der Waals surface area contributed by atoms with Crippen LogP contribution >= 0.6 is 23.1 Å². The molecular formula is C14H14F3N3O2S3. The van der Waals surface area contributed by atoms with Gasteiger partial charge in [0.2, 0.25) is 10.0 Å². The molecule has 0 atom stereocenters. The molecule has 25 heavy (non-hydrogen) atoms. The summed E-state index contributed by atoms with van der Waals surface area (Å²) in [6.45, 7) is 3.35. The van der Waals surface area contributed by atoms with Crippen molar-refractivity contribution >= 4 is 33.1 Å². The fourth-order valence-electron chi connectivity index (χ4n) is 1.91. The Morgan fingerprint density at radius 2 is 2.08 bits per heavy atom. The standard InChI is InChI=1S/C14H14F3N3O2S3/c1-3-7-20(9-12-18-19-13(23-2)24-12)25(21,22)11-6-4-5-10(8-11)14(15,16)17/h3-6,8H,1,7,9H2,2H3. The summed E-state index contributed by atoms with van der Waals surface area (Å²) < 4.78 is 65.7. The Kier molecular flexibility index (Phi) is 6.25. The van der Waals surface area contributed by atoms with Crippen molar-refractivity contribution in [2.24, 2.45) is 0 Å². The Balaban J connectivity index is 2.37. The van der Waals surface area contributed by atoms with Crippen LogP contribution in [0.15, 0.2) is 46.2 Å².